The Morgan fingerprint density at radius 3 is 2.24 bits per heavy atom. The van der Waals surface area contributed by atoms with E-state index < -0.39 is 29.7 Å². The Morgan fingerprint density at radius 2 is 1.68 bits per heavy atom. The maximum atomic E-state index is 14.0. The van der Waals surface area contributed by atoms with Crippen LogP contribution in [0.4, 0.5) is 10.5 Å². The number of terminal acetylenes is 1. The molecular formula is C30H39N3O4. The van der Waals surface area contributed by atoms with Gasteiger partial charge in [0.25, 0.3) is 5.91 Å². The van der Waals surface area contributed by atoms with Crippen LogP contribution < -0.4 is 10.6 Å². The lowest BCUT2D eigenvalue weighted by molar-refractivity contribution is -0.140. The number of nitrogens with zero attached hydrogens (tertiary/aromatic N) is 1. The van der Waals surface area contributed by atoms with Crippen LogP contribution in [-0.4, -0.2) is 41.0 Å². The number of amides is 3. The topological polar surface area (TPSA) is 87.7 Å². The number of benzene rings is 2. The van der Waals surface area contributed by atoms with Gasteiger partial charge in [0.15, 0.2) is 0 Å². The second-order valence-electron chi connectivity index (χ2n) is 10.4. The average Bonchev–Trinajstić information content (AvgIpc) is 2.81. The van der Waals surface area contributed by atoms with E-state index in [9.17, 15) is 14.4 Å². The van der Waals surface area contributed by atoms with Crippen molar-refractivity contribution in [2.75, 3.05) is 11.9 Å². The van der Waals surface area contributed by atoms with Gasteiger partial charge in [-0.05, 0) is 70.2 Å². The maximum Gasteiger partial charge on any atom is 0.408 e. The number of para-hydroxylation sites is 1. The summed E-state index contributed by atoms with van der Waals surface area (Å²) in [6, 6.07) is 12.6. The van der Waals surface area contributed by atoms with Crippen LogP contribution in [0.25, 0.3) is 0 Å². The van der Waals surface area contributed by atoms with Crippen molar-refractivity contribution in [2.24, 2.45) is 5.92 Å². The molecule has 2 rings (SSSR count). The van der Waals surface area contributed by atoms with Gasteiger partial charge in [-0.1, -0.05) is 56.2 Å². The monoisotopic (exact) mass is 505 g/mol. The fraction of sp³-hybridized carbons (Fsp3) is 0.433. The van der Waals surface area contributed by atoms with Crippen molar-refractivity contribution in [3.05, 3.63) is 65.2 Å². The zero-order valence-corrected chi connectivity index (χ0v) is 22.9. The summed E-state index contributed by atoms with van der Waals surface area (Å²) in [4.78, 5) is 41.9. The number of hydrogen-bond donors (Lipinski definition) is 2. The molecule has 2 N–H and O–H groups in total. The quantitative estimate of drug-likeness (QED) is 0.444. The number of likely N-dealkylation sites (N-methyl/N-ethyl adjacent to an activating group) is 1. The van der Waals surface area contributed by atoms with Crippen molar-refractivity contribution in [1.82, 2.24) is 10.2 Å². The van der Waals surface area contributed by atoms with E-state index in [2.05, 4.69) is 16.6 Å². The van der Waals surface area contributed by atoms with Gasteiger partial charge < -0.3 is 20.3 Å². The van der Waals surface area contributed by atoms with E-state index in [1.807, 2.05) is 39.0 Å². The van der Waals surface area contributed by atoms with Gasteiger partial charge in [-0.3, -0.25) is 9.59 Å². The second kappa shape index (κ2) is 13.0. The molecule has 7 nitrogen and oxygen atoms in total. The van der Waals surface area contributed by atoms with Crippen molar-refractivity contribution >= 4 is 23.6 Å². The molecule has 3 amide bonds. The maximum absolute atomic E-state index is 14.0. The van der Waals surface area contributed by atoms with Gasteiger partial charge in [-0.2, -0.15) is 0 Å². The third-order valence-electron chi connectivity index (χ3n) is 5.69. The molecule has 37 heavy (non-hydrogen) atoms. The highest BCUT2D eigenvalue weighted by atomic mass is 16.6. The fourth-order valence-corrected chi connectivity index (χ4v) is 4.04. The zero-order valence-electron chi connectivity index (χ0n) is 22.9. The highest BCUT2D eigenvalue weighted by Crippen LogP contribution is 2.28. The standard InChI is InChI=1S/C30H39N3O4/c1-9-22-16-12-13-17-23(22)26(27(34)31-24-18-14-11-15-21(24)5)33(10-2)28(35)25(19-20(3)4)32-29(36)37-30(6,7)8/h1,11-18,20,25-26H,10,19H2,2-8H3,(H,31,34)(H,32,36). The molecule has 0 saturated carbocycles. The molecule has 0 bridgehead atoms. The molecule has 0 aliphatic heterocycles. The third-order valence-corrected chi connectivity index (χ3v) is 5.69. The van der Waals surface area contributed by atoms with E-state index >= 15 is 0 Å². The number of hydrogen-bond acceptors (Lipinski definition) is 4. The van der Waals surface area contributed by atoms with Crippen molar-refractivity contribution in [1.29, 1.82) is 0 Å². The molecule has 2 atom stereocenters. The Labute approximate surface area is 221 Å². The summed E-state index contributed by atoms with van der Waals surface area (Å²) in [6.07, 6.45) is 5.46. The van der Waals surface area contributed by atoms with E-state index in [0.29, 0.717) is 23.2 Å². The van der Waals surface area contributed by atoms with Gasteiger partial charge in [0.1, 0.15) is 17.7 Å². The number of carbonyl (C=O) groups excluding carboxylic acids is 3. The summed E-state index contributed by atoms with van der Waals surface area (Å²) in [5.41, 5.74) is 1.86. The number of nitrogens with one attached hydrogen (secondary N) is 2. The fourth-order valence-electron chi connectivity index (χ4n) is 4.04. The number of carbonyl (C=O) groups is 3. The first kappa shape index (κ1) is 29.4. The Bertz CT molecular complexity index is 1140. The van der Waals surface area contributed by atoms with Gasteiger partial charge in [0, 0.05) is 17.8 Å². The molecule has 7 heteroatoms. The number of ether oxygens (including phenoxy) is 1. The smallest absolute Gasteiger partial charge is 0.408 e. The van der Waals surface area contributed by atoms with E-state index in [1.54, 1.807) is 58.0 Å². The third kappa shape index (κ3) is 8.38. The van der Waals surface area contributed by atoms with Crippen LogP contribution in [0, 0.1) is 25.2 Å². The molecule has 2 aromatic rings. The van der Waals surface area contributed by atoms with Crippen LogP contribution in [0.5, 0.6) is 0 Å². The minimum Gasteiger partial charge on any atom is -0.444 e. The summed E-state index contributed by atoms with van der Waals surface area (Å²) in [7, 11) is 0. The van der Waals surface area contributed by atoms with E-state index in [1.165, 1.54) is 4.90 Å². The van der Waals surface area contributed by atoms with Crippen LogP contribution in [0.15, 0.2) is 48.5 Å². The van der Waals surface area contributed by atoms with Gasteiger partial charge in [0.2, 0.25) is 5.91 Å². The molecular weight excluding hydrogens is 466 g/mol. The highest BCUT2D eigenvalue weighted by Gasteiger charge is 2.36. The molecule has 0 aliphatic carbocycles. The Kier molecular flexibility index (Phi) is 10.3. The van der Waals surface area contributed by atoms with E-state index in [0.717, 1.165) is 5.56 Å². The molecule has 198 valence electrons. The van der Waals surface area contributed by atoms with E-state index in [-0.39, 0.29) is 18.4 Å². The average molecular weight is 506 g/mol. The lowest BCUT2D eigenvalue weighted by Crippen LogP contribution is -2.52. The number of anilines is 1. The molecule has 2 unspecified atom stereocenters. The Balaban J connectivity index is 2.52. The van der Waals surface area contributed by atoms with E-state index in [4.69, 9.17) is 11.2 Å². The first-order valence-corrected chi connectivity index (χ1v) is 12.6. The van der Waals surface area contributed by atoms with Crippen LogP contribution in [-0.2, 0) is 14.3 Å². The van der Waals surface area contributed by atoms with Crippen molar-refractivity contribution < 1.29 is 19.1 Å². The van der Waals surface area contributed by atoms with Crippen molar-refractivity contribution in [3.8, 4) is 12.3 Å². The lowest BCUT2D eigenvalue weighted by atomic mass is 9.96. The van der Waals surface area contributed by atoms with Gasteiger partial charge in [-0.25, -0.2) is 4.79 Å². The Hall–Kier alpha value is -3.79. The van der Waals surface area contributed by atoms with Crippen LogP contribution in [0.1, 0.15) is 70.7 Å². The summed E-state index contributed by atoms with van der Waals surface area (Å²) in [5, 5.41) is 5.70. The first-order chi connectivity index (χ1) is 17.4. The van der Waals surface area contributed by atoms with Crippen molar-refractivity contribution in [3.63, 3.8) is 0 Å². The van der Waals surface area contributed by atoms with Gasteiger partial charge >= 0.3 is 6.09 Å². The summed E-state index contributed by atoms with van der Waals surface area (Å²) in [6.45, 7) is 13.1. The van der Waals surface area contributed by atoms with Crippen LogP contribution in [0.3, 0.4) is 0 Å². The largest absolute Gasteiger partial charge is 0.444 e. The number of aryl methyl sites for hydroxylation is 1. The molecule has 2 aromatic carbocycles. The first-order valence-electron chi connectivity index (χ1n) is 12.6. The SMILES string of the molecule is C#Cc1ccccc1C(C(=O)Nc1ccccc1C)N(CC)C(=O)C(CC(C)C)NC(=O)OC(C)(C)C. The molecule has 0 saturated heterocycles. The highest BCUT2D eigenvalue weighted by molar-refractivity contribution is 5.99. The molecule has 0 fully saturated rings. The molecule has 0 aromatic heterocycles. The van der Waals surface area contributed by atoms with Crippen LogP contribution >= 0.6 is 0 Å². The Morgan fingerprint density at radius 1 is 1.05 bits per heavy atom. The van der Waals surface area contributed by atoms with Crippen molar-refractivity contribution in [2.45, 2.75) is 72.6 Å². The second-order valence-corrected chi connectivity index (χ2v) is 10.4. The lowest BCUT2D eigenvalue weighted by Gasteiger charge is -2.34. The van der Waals surface area contributed by atoms with Gasteiger partial charge in [0.05, 0.1) is 0 Å². The predicted molar refractivity (Wildman–Crippen MR) is 147 cm³/mol. The molecule has 0 radical (unpaired) electrons. The normalized spacial score (nSPS) is 12.7. The molecule has 0 spiro atoms. The summed E-state index contributed by atoms with van der Waals surface area (Å²) >= 11 is 0. The molecule has 0 aliphatic rings. The number of rotatable bonds is 9. The minimum absolute atomic E-state index is 0.0971. The van der Waals surface area contributed by atoms with Gasteiger partial charge in [-0.15, -0.1) is 6.42 Å². The summed E-state index contributed by atoms with van der Waals surface area (Å²) in [5.74, 6) is 1.95. The molecule has 0 heterocycles. The number of alkyl carbamates (subject to hydrolysis) is 1. The predicted octanol–water partition coefficient (Wildman–Crippen LogP) is 5.44. The summed E-state index contributed by atoms with van der Waals surface area (Å²) < 4.78 is 5.41. The minimum atomic E-state index is -1.01. The zero-order chi connectivity index (χ0) is 27.8. The van der Waals surface area contributed by atoms with Crippen LogP contribution in [0.2, 0.25) is 0 Å².